The lowest BCUT2D eigenvalue weighted by molar-refractivity contribution is -0.148. The largest absolute Gasteiger partial charge is 0.481 e. The Morgan fingerprint density at radius 3 is 2.00 bits per heavy atom. The van der Waals surface area contributed by atoms with Crippen molar-refractivity contribution in [2.75, 3.05) is 6.61 Å². The average molecular weight is 208 g/mol. The van der Waals surface area contributed by atoms with Gasteiger partial charge >= 0.3 is 5.97 Å². The number of ketones is 1. The summed E-state index contributed by atoms with van der Waals surface area (Å²) in [6, 6.07) is 0. The Hall–Kier alpha value is -1.02. The van der Waals surface area contributed by atoms with Crippen molar-refractivity contribution in [3.05, 3.63) is 0 Å². The Morgan fingerprint density at radius 2 is 1.64 bits per heavy atom. The molecule has 0 amide bonds. The van der Waals surface area contributed by atoms with Crippen molar-refractivity contribution in [2.24, 2.45) is 0 Å². The molecule has 0 spiro atoms. The van der Waals surface area contributed by atoms with Crippen molar-refractivity contribution in [1.29, 1.82) is 0 Å². The first-order chi connectivity index (χ1) is 6.40. The van der Waals surface area contributed by atoms with Crippen molar-refractivity contribution in [2.45, 2.75) is 24.7 Å². The van der Waals surface area contributed by atoms with Crippen molar-refractivity contribution < 1.29 is 35.1 Å². The van der Waals surface area contributed by atoms with Gasteiger partial charge in [0.05, 0.1) is 6.61 Å². The molecule has 0 bridgehead atoms. The van der Waals surface area contributed by atoms with Crippen LogP contribution in [0.15, 0.2) is 0 Å². The molecule has 0 aromatic rings. The zero-order valence-corrected chi connectivity index (χ0v) is 7.20. The first-order valence-corrected chi connectivity index (χ1v) is 3.79. The van der Waals surface area contributed by atoms with Gasteiger partial charge in [-0.1, -0.05) is 0 Å². The summed E-state index contributed by atoms with van der Waals surface area (Å²) in [7, 11) is 0. The minimum absolute atomic E-state index is 0.835. The van der Waals surface area contributed by atoms with E-state index in [2.05, 4.69) is 0 Å². The summed E-state index contributed by atoms with van der Waals surface area (Å²) in [4.78, 5) is 20.9. The molecular weight excluding hydrogens is 196 g/mol. The molecule has 0 heterocycles. The Balaban J connectivity index is 4.23. The van der Waals surface area contributed by atoms with E-state index >= 15 is 0 Å². The molecule has 7 heteroatoms. The maximum Gasteiger partial charge on any atom is 0.310 e. The third-order valence-electron chi connectivity index (χ3n) is 1.56. The molecule has 0 radical (unpaired) electrons. The van der Waals surface area contributed by atoms with E-state index in [1.807, 2.05) is 0 Å². The summed E-state index contributed by atoms with van der Waals surface area (Å²) in [6.45, 7) is -0.835. The summed E-state index contributed by atoms with van der Waals surface area (Å²) >= 11 is 0. The van der Waals surface area contributed by atoms with Crippen LogP contribution in [0.25, 0.3) is 0 Å². The molecule has 0 fully saturated rings. The number of carbonyl (C=O) groups excluding carboxylic acids is 1. The van der Waals surface area contributed by atoms with Crippen molar-refractivity contribution >= 4 is 11.8 Å². The summed E-state index contributed by atoms with van der Waals surface area (Å²) in [5.41, 5.74) is 0. The lowest BCUT2D eigenvalue weighted by atomic mass is 10.0. The van der Waals surface area contributed by atoms with Crippen LogP contribution in [0.3, 0.4) is 0 Å². The Kier molecular flexibility index (Phi) is 5.24. The second kappa shape index (κ2) is 5.66. The van der Waals surface area contributed by atoms with Gasteiger partial charge in [0.15, 0.2) is 5.78 Å². The van der Waals surface area contributed by atoms with Crippen LogP contribution < -0.4 is 0 Å². The van der Waals surface area contributed by atoms with Crippen LogP contribution in [0.2, 0.25) is 0 Å². The molecule has 0 aromatic carbocycles. The molecular formula is C7H12O7. The SMILES string of the molecule is O=C(O)CC(=O)[C@@H](O)[C@H](O)[C@H](O)CO. The molecule has 0 rings (SSSR count). The summed E-state index contributed by atoms with van der Waals surface area (Å²) in [6.07, 6.45) is -6.51. The highest BCUT2D eigenvalue weighted by Crippen LogP contribution is 2.03. The van der Waals surface area contributed by atoms with Gasteiger partial charge in [0.2, 0.25) is 0 Å². The monoisotopic (exact) mass is 208 g/mol. The number of carboxylic acids is 1. The smallest absolute Gasteiger partial charge is 0.310 e. The van der Waals surface area contributed by atoms with E-state index in [0.717, 1.165) is 0 Å². The summed E-state index contributed by atoms with van der Waals surface area (Å²) in [5, 5.41) is 43.4. The number of aliphatic hydroxyl groups excluding tert-OH is 4. The highest BCUT2D eigenvalue weighted by Gasteiger charge is 2.30. The fourth-order valence-corrected chi connectivity index (χ4v) is 0.762. The van der Waals surface area contributed by atoms with E-state index < -0.39 is 43.1 Å². The highest BCUT2D eigenvalue weighted by molar-refractivity contribution is 5.97. The number of hydrogen-bond donors (Lipinski definition) is 5. The molecule has 14 heavy (non-hydrogen) atoms. The molecule has 5 N–H and O–H groups in total. The van der Waals surface area contributed by atoms with E-state index in [4.69, 9.17) is 25.5 Å². The second-order valence-corrected chi connectivity index (χ2v) is 2.72. The van der Waals surface area contributed by atoms with Crippen LogP contribution in [-0.2, 0) is 9.59 Å². The maximum absolute atomic E-state index is 10.8. The first-order valence-electron chi connectivity index (χ1n) is 3.79. The predicted octanol–water partition coefficient (Wildman–Crippen LogP) is -2.89. The van der Waals surface area contributed by atoms with E-state index in [1.54, 1.807) is 0 Å². The Morgan fingerprint density at radius 1 is 1.14 bits per heavy atom. The van der Waals surface area contributed by atoms with Crippen molar-refractivity contribution in [1.82, 2.24) is 0 Å². The van der Waals surface area contributed by atoms with Crippen LogP contribution in [0.4, 0.5) is 0 Å². The summed E-state index contributed by atoms with van der Waals surface area (Å²) in [5.74, 6) is -2.57. The number of aliphatic hydroxyl groups is 4. The number of hydrogen-bond acceptors (Lipinski definition) is 6. The van der Waals surface area contributed by atoms with Crippen LogP contribution in [0.5, 0.6) is 0 Å². The molecule has 7 nitrogen and oxygen atoms in total. The van der Waals surface area contributed by atoms with Gasteiger partial charge < -0.3 is 25.5 Å². The van der Waals surface area contributed by atoms with Gasteiger partial charge in [-0.25, -0.2) is 0 Å². The number of Topliss-reactive ketones (excluding diaryl/α,β-unsaturated/α-hetero) is 1. The minimum atomic E-state index is -2.01. The van der Waals surface area contributed by atoms with Gasteiger partial charge in [0.25, 0.3) is 0 Å². The molecule has 0 aliphatic carbocycles. The lowest BCUT2D eigenvalue weighted by Gasteiger charge is -2.19. The quantitative estimate of drug-likeness (QED) is 0.295. The zero-order valence-electron chi connectivity index (χ0n) is 7.20. The number of rotatable bonds is 6. The van der Waals surface area contributed by atoms with Gasteiger partial charge in [0.1, 0.15) is 24.7 Å². The van der Waals surface area contributed by atoms with Crippen LogP contribution >= 0.6 is 0 Å². The number of carboxylic acid groups (broad SMARTS) is 1. The van der Waals surface area contributed by atoms with E-state index in [9.17, 15) is 9.59 Å². The third-order valence-corrected chi connectivity index (χ3v) is 1.56. The standard InChI is InChI=1S/C7H12O7/c8-2-4(10)7(14)6(13)3(9)1-5(11)12/h4,6-8,10,13-14H,1-2H2,(H,11,12)/t4-,6-,7-/m1/s1. The zero-order chi connectivity index (χ0) is 11.3. The van der Waals surface area contributed by atoms with Crippen molar-refractivity contribution in [3.8, 4) is 0 Å². The predicted molar refractivity (Wildman–Crippen MR) is 42.4 cm³/mol. The molecule has 0 aliphatic heterocycles. The van der Waals surface area contributed by atoms with Gasteiger partial charge in [0, 0.05) is 0 Å². The highest BCUT2D eigenvalue weighted by atomic mass is 16.4. The topological polar surface area (TPSA) is 135 Å². The molecule has 0 saturated heterocycles. The van der Waals surface area contributed by atoms with Crippen LogP contribution in [0.1, 0.15) is 6.42 Å². The first kappa shape index (κ1) is 13.0. The van der Waals surface area contributed by atoms with E-state index in [-0.39, 0.29) is 0 Å². The summed E-state index contributed by atoms with van der Waals surface area (Å²) < 4.78 is 0. The second-order valence-electron chi connectivity index (χ2n) is 2.72. The molecule has 0 aromatic heterocycles. The molecule has 0 unspecified atom stereocenters. The molecule has 0 saturated carbocycles. The fraction of sp³-hybridized carbons (Fsp3) is 0.714. The van der Waals surface area contributed by atoms with Gasteiger partial charge in [-0.05, 0) is 0 Å². The number of aliphatic carboxylic acids is 1. The lowest BCUT2D eigenvalue weighted by Crippen LogP contribution is -2.44. The minimum Gasteiger partial charge on any atom is -0.481 e. The van der Waals surface area contributed by atoms with E-state index in [1.165, 1.54) is 0 Å². The van der Waals surface area contributed by atoms with Crippen LogP contribution in [-0.4, -0.2) is 62.2 Å². The Labute approximate surface area is 79.2 Å². The maximum atomic E-state index is 10.8. The molecule has 0 aliphatic rings. The van der Waals surface area contributed by atoms with Crippen LogP contribution in [0, 0.1) is 0 Å². The molecule has 3 atom stereocenters. The molecule has 82 valence electrons. The third kappa shape index (κ3) is 3.79. The Bertz CT molecular complexity index is 214. The van der Waals surface area contributed by atoms with Gasteiger partial charge in [-0.3, -0.25) is 9.59 Å². The van der Waals surface area contributed by atoms with Gasteiger partial charge in [-0.2, -0.15) is 0 Å². The number of carbonyl (C=O) groups is 2. The van der Waals surface area contributed by atoms with Gasteiger partial charge in [-0.15, -0.1) is 0 Å². The fourth-order valence-electron chi connectivity index (χ4n) is 0.762. The normalized spacial score (nSPS) is 17.1. The van der Waals surface area contributed by atoms with E-state index in [0.29, 0.717) is 0 Å². The van der Waals surface area contributed by atoms with Crippen molar-refractivity contribution in [3.63, 3.8) is 0 Å². The average Bonchev–Trinajstić information content (AvgIpc) is 2.13.